The summed E-state index contributed by atoms with van der Waals surface area (Å²) in [5.74, 6) is 0. The van der Waals surface area contributed by atoms with Crippen molar-refractivity contribution in [1.29, 1.82) is 0 Å². The predicted octanol–water partition coefficient (Wildman–Crippen LogP) is -0.114. The molecular weight excluding hydrogens is 253 g/mol. The van der Waals surface area contributed by atoms with Gasteiger partial charge in [-0.3, -0.25) is 8.37 Å². The molecule has 0 fully saturated rings. The van der Waals surface area contributed by atoms with Gasteiger partial charge in [-0.05, 0) is 0 Å². The maximum atomic E-state index is 11.6. The first kappa shape index (κ1) is 13.9. The van der Waals surface area contributed by atoms with Crippen LogP contribution >= 0.6 is 0 Å². The summed E-state index contributed by atoms with van der Waals surface area (Å²) in [7, 11) is 0. The minimum atomic E-state index is -4.80. The second-order valence-corrected chi connectivity index (χ2v) is 3.05. The first-order valence-electron chi connectivity index (χ1n) is 2.80. The lowest BCUT2D eigenvalue weighted by molar-refractivity contribution is -0.174. The number of rotatable bonds is 5. The number of hydrogen-bond donors (Lipinski definition) is 0. The van der Waals surface area contributed by atoms with Crippen LogP contribution in [0.1, 0.15) is 6.42 Å². The van der Waals surface area contributed by atoms with Crippen LogP contribution in [-0.2, 0) is 31.1 Å². The van der Waals surface area contributed by atoms with Gasteiger partial charge in [-0.15, -0.1) is 0 Å². The SMILES string of the molecule is O=S([O-])OC(CC(F)(F)F)OS(=O)[O-]. The van der Waals surface area contributed by atoms with Crippen LogP contribution in [-0.4, -0.2) is 30.0 Å². The van der Waals surface area contributed by atoms with E-state index >= 15 is 0 Å². The van der Waals surface area contributed by atoms with Crippen molar-refractivity contribution in [2.45, 2.75) is 18.9 Å². The average Bonchev–Trinajstić information content (AvgIpc) is 1.77. The zero-order chi connectivity index (χ0) is 11.4. The topological polar surface area (TPSA) is 98.7 Å². The Morgan fingerprint density at radius 2 is 1.50 bits per heavy atom. The van der Waals surface area contributed by atoms with E-state index in [9.17, 15) is 30.7 Å². The highest BCUT2D eigenvalue weighted by Crippen LogP contribution is 2.24. The summed E-state index contributed by atoms with van der Waals surface area (Å²) in [5, 5.41) is 0. The molecule has 6 nitrogen and oxygen atoms in total. The van der Waals surface area contributed by atoms with Crippen molar-refractivity contribution in [2.24, 2.45) is 0 Å². The highest BCUT2D eigenvalue weighted by molar-refractivity contribution is 7.74. The quantitative estimate of drug-likeness (QED) is 0.502. The summed E-state index contributed by atoms with van der Waals surface area (Å²) in [5.41, 5.74) is 0. The summed E-state index contributed by atoms with van der Waals surface area (Å²) in [4.78, 5) is 0. The molecule has 0 rings (SSSR count). The summed E-state index contributed by atoms with van der Waals surface area (Å²) in [6.45, 7) is 0. The number of halogens is 3. The van der Waals surface area contributed by atoms with Gasteiger partial charge in [0.05, 0.1) is 29.1 Å². The summed E-state index contributed by atoms with van der Waals surface area (Å²) >= 11 is -6.59. The van der Waals surface area contributed by atoms with E-state index in [2.05, 4.69) is 8.37 Å². The molecule has 0 aliphatic carbocycles. The van der Waals surface area contributed by atoms with Crippen LogP contribution in [0.15, 0.2) is 0 Å². The van der Waals surface area contributed by atoms with Crippen LogP contribution < -0.4 is 0 Å². The standard InChI is InChI=1S/C3H5F3O6S2/c4-3(5,6)1-2(11-13(7)8)12-14(9)10/h2H,1H2,(H,7,8)(H,9,10)/p-2. The highest BCUT2D eigenvalue weighted by atomic mass is 32.2. The molecule has 0 aliphatic rings. The van der Waals surface area contributed by atoms with Gasteiger partial charge in [0, 0.05) is 0 Å². The predicted molar refractivity (Wildman–Crippen MR) is 34.5 cm³/mol. The Balaban J connectivity index is 4.24. The Hall–Kier alpha value is -0.0700. The third-order valence-corrected chi connectivity index (χ3v) is 1.51. The zero-order valence-electron chi connectivity index (χ0n) is 6.18. The van der Waals surface area contributed by atoms with E-state index in [-0.39, 0.29) is 0 Å². The summed E-state index contributed by atoms with van der Waals surface area (Å²) < 4.78 is 81.2. The fraction of sp³-hybridized carbons (Fsp3) is 1.00. The largest absolute Gasteiger partial charge is 0.750 e. The van der Waals surface area contributed by atoms with Crippen LogP contribution in [0.2, 0.25) is 0 Å². The molecule has 0 saturated carbocycles. The van der Waals surface area contributed by atoms with Gasteiger partial charge >= 0.3 is 6.18 Å². The second kappa shape index (κ2) is 5.72. The van der Waals surface area contributed by atoms with E-state index in [1.54, 1.807) is 0 Å². The van der Waals surface area contributed by atoms with E-state index < -0.39 is 41.6 Å². The molecule has 0 bridgehead atoms. The monoisotopic (exact) mass is 256 g/mol. The molecule has 11 heteroatoms. The van der Waals surface area contributed by atoms with Crippen molar-refractivity contribution in [3.63, 3.8) is 0 Å². The molecule has 2 atom stereocenters. The van der Waals surface area contributed by atoms with E-state index in [0.717, 1.165) is 0 Å². The van der Waals surface area contributed by atoms with Crippen LogP contribution in [0.25, 0.3) is 0 Å². The molecule has 86 valence electrons. The fourth-order valence-corrected chi connectivity index (χ4v) is 1.06. The van der Waals surface area contributed by atoms with Gasteiger partial charge in [0.2, 0.25) is 0 Å². The van der Waals surface area contributed by atoms with Gasteiger partial charge < -0.3 is 9.11 Å². The normalized spacial score (nSPS) is 18.9. The Labute approximate surface area is 81.4 Å². The highest BCUT2D eigenvalue weighted by Gasteiger charge is 2.33. The molecule has 0 N–H and O–H groups in total. The van der Waals surface area contributed by atoms with Crippen LogP contribution in [0.4, 0.5) is 13.2 Å². The molecule has 0 amide bonds. The first-order valence-corrected chi connectivity index (χ1v) is 4.80. The van der Waals surface area contributed by atoms with Gasteiger partial charge in [-0.25, -0.2) is 8.42 Å². The molecule has 0 aromatic heterocycles. The lowest BCUT2D eigenvalue weighted by Crippen LogP contribution is -2.26. The minimum Gasteiger partial charge on any atom is -0.750 e. The third kappa shape index (κ3) is 8.52. The van der Waals surface area contributed by atoms with Crippen molar-refractivity contribution in [3.8, 4) is 0 Å². The number of hydrogen-bond acceptors (Lipinski definition) is 6. The molecule has 2 unspecified atom stereocenters. The molecule has 0 spiro atoms. The van der Waals surface area contributed by atoms with E-state index in [1.165, 1.54) is 0 Å². The Morgan fingerprint density at radius 3 is 1.71 bits per heavy atom. The Morgan fingerprint density at radius 1 is 1.14 bits per heavy atom. The Kier molecular flexibility index (Phi) is 5.70. The van der Waals surface area contributed by atoms with Gasteiger partial charge in [-0.1, -0.05) is 0 Å². The van der Waals surface area contributed by atoms with Gasteiger partial charge in [0.15, 0.2) is 6.29 Å². The van der Waals surface area contributed by atoms with Crippen molar-refractivity contribution in [1.82, 2.24) is 0 Å². The first-order chi connectivity index (χ1) is 6.20. The van der Waals surface area contributed by atoms with E-state index in [0.29, 0.717) is 0 Å². The lowest BCUT2D eigenvalue weighted by atomic mass is 10.4. The van der Waals surface area contributed by atoms with Crippen molar-refractivity contribution in [3.05, 3.63) is 0 Å². The molecule has 0 aromatic carbocycles. The summed E-state index contributed by atoms with van der Waals surface area (Å²) in [6, 6.07) is 0. The van der Waals surface area contributed by atoms with Crippen LogP contribution in [0, 0.1) is 0 Å². The maximum Gasteiger partial charge on any atom is 0.394 e. The van der Waals surface area contributed by atoms with Gasteiger partial charge in [-0.2, -0.15) is 13.2 Å². The minimum absolute atomic E-state index is 1.85. The van der Waals surface area contributed by atoms with Crippen molar-refractivity contribution < 1.29 is 39.1 Å². The zero-order valence-corrected chi connectivity index (χ0v) is 7.82. The Bertz CT molecular complexity index is 213. The molecule has 0 saturated heterocycles. The molecule has 14 heavy (non-hydrogen) atoms. The fourth-order valence-electron chi connectivity index (χ4n) is 0.448. The maximum absolute atomic E-state index is 11.6. The van der Waals surface area contributed by atoms with Crippen molar-refractivity contribution in [2.75, 3.05) is 0 Å². The molecular formula is C3H3F3O6S2-2. The third-order valence-electron chi connectivity index (χ3n) is 0.770. The molecule has 0 radical (unpaired) electrons. The van der Waals surface area contributed by atoms with Gasteiger partial charge in [0.1, 0.15) is 0 Å². The number of alkyl halides is 3. The van der Waals surface area contributed by atoms with E-state index in [1.807, 2.05) is 0 Å². The van der Waals surface area contributed by atoms with Crippen LogP contribution in [0.5, 0.6) is 0 Å². The molecule has 0 heterocycles. The smallest absolute Gasteiger partial charge is 0.394 e. The molecule has 0 aromatic rings. The van der Waals surface area contributed by atoms with Gasteiger partial charge in [0.25, 0.3) is 0 Å². The van der Waals surface area contributed by atoms with Crippen LogP contribution in [0.3, 0.4) is 0 Å². The molecule has 0 aliphatic heterocycles. The summed E-state index contributed by atoms with van der Waals surface area (Å²) in [6.07, 6.45) is -9.08. The van der Waals surface area contributed by atoms with Crippen molar-refractivity contribution >= 4 is 22.7 Å². The van der Waals surface area contributed by atoms with E-state index in [4.69, 9.17) is 0 Å². The second-order valence-electron chi connectivity index (χ2n) is 1.85. The average molecular weight is 256 g/mol. The lowest BCUT2D eigenvalue weighted by Gasteiger charge is -2.20.